The van der Waals surface area contributed by atoms with Gasteiger partial charge in [0.2, 0.25) is 0 Å². The summed E-state index contributed by atoms with van der Waals surface area (Å²) in [6, 6.07) is 11.1. The molecule has 2 N–H and O–H groups in total. The van der Waals surface area contributed by atoms with E-state index in [-0.39, 0.29) is 31.7 Å². The van der Waals surface area contributed by atoms with Crippen LogP contribution in [0.3, 0.4) is 0 Å². The summed E-state index contributed by atoms with van der Waals surface area (Å²) >= 11 is 0. The van der Waals surface area contributed by atoms with Gasteiger partial charge in [-0.25, -0.2) is 19.2 Å². The molecule has 8 nitrogen and oxygen atoms in total. The Morgan fingerprint density at radius 3 is 2.94 bits per heavy atom. The average molecular weight is 469 g/mol. The van der Waals surface area contributed by atoms with Crippen molar-refractivity contribution in [3.8, 4) is 17.1 Å². The molecule has 3 heterocycles. The number of phenolic OH excluding ortho intramolecular Hbond substituents is 1. The van der Waals surface area contributed by atoms with Gasteiger partial charge in [0, 0.05) is 26.5 Å². The monoisotopic (exact) mass is 468 g/mol. The van der Waals surface area contributed by atoms with Gasteiger partial charge >= 0.3 is 6.09 Å². The van der Waals surface area contributed by atoms with Crippen molar-refractivity contribution in [2.45, 2.75) is 37.8 Å². The van der Waals surface area contributed by atoms with E-state index >= 15 is 0 Å². The number of nitrogens with zero attached hydrogens (tertiary/aromatic N) is 3. The molecule has 0 aliphatic carbocycles. The maximum atomic E-state index is 14.1. The number of fused-ring (bicyclic) bond motifs is 1. The Morgan fingerprint density at radius 1 is 1.24 bits per heavy atom. The van der Waals surface area contributed by atoms with Crippen molar-refractivity contribution in [1.29, 1.82) is 0 Å². The minimum absolute atomic E-state index is 0. The summed E-state index contributed by atoms with van der Waals surface area (Å²) in [5.41, 5.74) is 1.07. The molecule has 1 aromatic heterocycles. The molecular formula is C25H29FN4O4. The third kappa shape index (κ3) is 4.89. The SMILES string of the molecule is O=C(N[C@H]1CCN(c2nc(-c3ccccc3O)nc3ccc(F)cc23)C1)OCC1CCCCO1.[HH]. The summed E-state index contributed by atoms with van der Waals surface area (Å²) in [4.78, 5) is 23.6. The summed E-state index contributed by atoms with van der Waals surface area (Å²) in [6.07, 6.45) is 3.24. The van der Waals surface area contributed by atoms with E-state index in [0.717, 1.165) is 19.3 Å². The van der Waals surface area contributed by atoms with E-state index in [4.69, 9.17) is 14.5 Å². The van der Waals surface area contributed by atoms with Gasteiger partial charge in [0.05, 0.1) is 23.2 Å². The van der Waals surface area contributed by atoms with Gasteiger partial charge in [-0.15, -0.1) is 0 Å². The van der Waals surface area contributed by atoms with E-state index in [1.165, 1.54) is 12.1 Å². The van der Waals surface area contributed by atoms with Gasteiger partial charge in [-0.2, -0.15) is 0 Å². The highest BCUT2D eigenvalue weighted by Crippen LogP contribution is 2.33. The number of ether oxygens (including phenoxy) is 2. The Balaban J connectivity index is 0.00000289. The second-order valence-corrected chi connectivity index (χ2v) is 8.71. The number of hydrogen-bond acceptors (Lipinski definition) is 7. The van der Waals surface area contributed by atoms with Gasteiger partial charge < -0.3 is 24.8 Å². The number of carbonyl (C=O) groups excluding carboxylic acids is 1. The van der Waals surface area contributed by atoms with Crippen molar-refractivity contribution in [1.82, 2.24) is 15.3 Å². The third-order valence-electron chi connectivity index (χ3n) is 6.27. The number of anilines is 1. The van der Waals surface area contributed by atoms with Gasteiger partial charge in [-0.05, 0) is 56.0 Å². The molecular weight excluding hydrogens is 439 g/mol. The van der Waals surface area contributed by atoms with Crippen LogP contribution in [0.15, 0.2) is 42.5 Å². The van der Waals surface area contributed by atoms with E-state index in [1.54, 1.807) is 30.3 Å². The second kappa shape index (κ2) is 9.80. The number of aromatic nitrogens is 2. The van der Waals surface area contributed by atoms with Crippen LogP contribution < -0.4 is 10.2 Å². The molecule has 0 spiro atoms. The van der Waals surface area contributed by atoms with Crippen molar-refractivity contribution in [3.63, 3.8) is 0 Å². The zero-order valence-electron chi connectivity index (χ0n) is 18.7. The number of para-hydroxylation sites is 1. The molecule has 9 heteroatoms. The maximum Gasteiger partial charge on any atom is 0.407 e. The van der Waals surface area contributed by atoms with Crippen LogP contribution in [0, 0.1) is 5.82 Å². The lowest BCUT2D eigenvalue weighted by Crippen LogP contribution is -2.39. The van der Waals surface area contributed by atoms with E-state index in [0.29, 0.717) is 54.2 Å². The molecule has 2 atom stereocenters. The first-order chi connectivity index (χ1) is 16.6. The molecule has 3 aromatic rings. The molecule has 0 bridgehead atoms. The lowest BCUT2D eigenvalue weighted by molar-refractivity contribution is -0.0226. The van der Waals surface area contributed by atoms with Crippen LogP contribution >= 0.6 is 0 Å². The molecule has 0 radical (unpaired) electrons. The zero-order valence-corrected chi connectivity index (χ0v) is 18.7. The molecule has 0 saturated carbocycles. The van der Waals surface area contributed by atoms with Crippen LogP contribution in [-0.2, 0) is 9.47 Å². The molecule has 180 valence electrons. The summed E-state index contributed by atoms with van der Waals surface area (Å²) < 4.78 is 25.0. The fourth-order valence-electron chi connectivity index (χ4n) is 4.49. The van der Waals surface area contributed by atoms with E-state index < -0.39 is 6.09 Å². The van der Waals surface area contributed by atoms with Crippen molar-refractivity contribution < 1.29 is 25.2 Å². The number of rotatable bonds is 5. The molecule has 34 heavy (non-hydrogen) atoms. The smallest absolute Gasteiger partial charge is 0.407 e. The van der Waals surface area contributed by atoms with Crippen molar-refractivity contribution >= 4 is 22.8 Å². The van der Waals surface area contributed by atoms with Gasteiger partial charge in [0.15, 0.2) is 5.82 Å². The minimum atomic E-state index is -0.463. The van der Waals surface area contributed by atoms with Crippen molar-refractivity contribution in [2.24, 2.45) is 0 Å². The van der Waals surface area contributed by atoms with Gasteiger partial charge in [-0.1, -0.05) is 12.1 Å². The topological polar surface area (TPSA) is 96.8 Å². The number of alkyl carbamates (subject to hydrolysis) is 1. The molecule has 2 saturated heterocycles. The largest absolute Gasteiger partial charge is 0.507 e. The number of hydrogen-bond donors (Lipinski definition) is 2. The summed E-state index contributed by atoms with van der Waals surface area (Å²) in [6.45, 7) is 2.09. The number of amides is 1. The van der Waals surface area contributed by atoms with Crippen LogP contribution in [0.2, 0.25) is 0 Å². The van der Waals surface area contributed by atoms with E-state index in [1.807, 2.05) is 4.90 Å². The number of aromatic hydroxyl groups is 1. The number of nitrogens with one attached hydrogen (secondary N) is 1. The number of benzene rings is 2. The van der Waals surface area contributed by atoms with Gasteiger partial charge in [0.1, 0.15) is 24.0 Å². The van der Waals surface area contributed by atoms with Gasteiger partial charge in [0.25, 0.3) is 0 Å². The predicted molar refractivity (Wildman–Crippen MR) is 127 cm³/mol. The number of carbonyl (C=O) groups is 1. The average Bonchev–Trinajstić information content (AvgIpc) is 3.31. The predicted octanol–water partition coefficient (Wildman–Crippen LogP) is 4.26. The quantitative estimate of drug-likeness (QED) is 0.577. The van der Waals surface area contributed by atoms with E-state index in [9.17, 15) is 14.3 Å². The van der Waals surface area contributed by atoms with Crippen LogP contribution in [0.1, 0.15) is 27.1 Å². The molecule has 5 rings (SSSR count). The highest BCUT2D eigenvalue weighted by molar-refractivity contribution is 5.91. The maximum absolute atomic E-state index is 14.1. The van der Waals surface area contributed by atoms with Crippen LogP contribution in [-0.4, -0.2) is 59.6 Å². The number of phenols is 1. The fraction of sp³-hybridized carbons (Fsp3) is 0.400. The molecule has 2 fully saturated rings. The molecule has 1 amide bonds. The normalized spacial score (nSPS) is 20.4. The second-order valence-electron chi connectivity index (χ2n) is 8.71. The molecule has 2 aliphatic rings. The van der Waals surface area contributed by atoms with Gasteiger partial charge in [-0.3, -0.25) is 0 Å². The fourth-order valence-corrected chi connectivity index (χ4v) is 4.49. The Hall–Kier alpha value is -3.46. The Kier molecular flexibility index (Phi) is 6.44. The lowest BCUT2D eigenvalue weighted by Gasteiger charge is -2.23. The highest BCUT2D eigenvalue weighted by atomic mass is 19.1. The standard InChI is InChI=1S/C25H27FN4O4.H2/c26-16-8-9-21-20(13-16)24(29-23(28-21)19-6-1-2-7-22(19)31)30-11-10-17(14-30)27-25(32)34-15-18-5-3-4-12-33-18;/h1-2,6-9,13,17-18,31H,3-5,10-12,14-15H2,(H,27,32);1H/t17-,18?;/m0./s1. The van der Waals surface area contributed by atoms with Crippen LogP contribution in [0.4, 0.5) is 15.0 Å². The number of halogens is 1. The van der Waals surface area contributed by atoms with Crippen molar-refractivity contribution in [2.75, 3.05) is 31.2 Å². The highest BCUT2D eigenvalue weighted by Gasteiger charge is 2.28. The molecule has 1 unspecified atom stereocenters. The minimum Gasteiger partial charge on any atom is -0.507 e. The first kappa shape index (κ1) is 22.3. The Morgan fingerprint density at radius 2 is 2.12 bits per heavy atom. The lowest BCUT2D eigenvalue weighted by atomic mass is 10.1. The molecule has 2 aliphatic heterocycles. The first-order valence-electron chi connectivity index (χ1n) is 11.6. The van der Waals surface area contributed by atoms with Crippen LogP contribution in [0.5, 0.6) is 5.75 Å². The van der Waals surface area contributed by atoms with E-state index in [2.05, 4.69) is 10.3 Å². The zero-order chi connectivity index (χ0) is 23.5. The summed E-state index contributed by atoms with van der Waals surface area (Å²) in [5, 5.41) is 13.8. The summed E-state index contributed by atoms with van der Waals surface area (Å²) in [7, 11) is 0. The Bertz CT molecular complexity index is 1190. The summed E-state index contributed by atoms with van der Waals surface area (Å²) in [5.74, 6) is 0.613. The Labute approximate surface area is 198 Å². The first-order valence-corrected chi connectivity index (χ1v) is 11.6. The third-order valence-corrected chi connectivity index (χ3v) is 6.27. The van der Waals surface area contributed by atoms with Crippen molar-refractivity contribution in [3.05, 3.63) is 48.3 Å². The molecule has 2 aromatic carbocycles. The van der Waals surface area contributed by atoms with Crippen LogP contribution in [0.25, 0.3) is 22.3 Å².